The quantitative estimate of drug-likeness (QED) is 0.933. The van der Waals surface area contributed by atoms with Crippen LogP contribution in [-0.2, 0) is 0 Å². The van der Waals surface area contributed by atoms with Gasteiger partial charge in [-0.05, 0) is 47.1 Å². The average molecular weight is 275 g/mol. The van der Waals surface area contributed by atoms with Crippen molar-refractivity contribution < 1.29 is 9.47 Å². The summed E-state index contributed by atoms with van der Waals surface area (Å²) in [6.07, 6.45) is 0.935. The van der Waals surface area contributed by atoms with Crippen molar-refractivity contribution >= 4 is 11.3 Å². The Morgan fingerprint density at radius 1 is 1.11 bits per heavy atom. The number of fused-ring (bicyclic) bond motifs is 1. The van der Waals surface area contributed by atoms with Gasteiger partial charge in [-0.25, -0.2) is 0 Å². The van der Waals surface area contributed by atoms with Crippen molar-refractivity contribution in [3.05, 3.63) is 46.2 Å². The minimum atomic E-state index is 0.198. The van der Waals surface area contributed by atoms with Crippen LogP contribution in [0.25, 0.3) is 0 Å². The van der Waals surface area contributed by atoms with E-state index in [0.717, 1.165) is 31.1 Å². The van der Waals surface area contributed by atoms with E-state index in [1.54, 1.807) is 11.3 Å². The summed E-state index contributed by atoms with van der Waals surface area (Å²) in [5, 5.41) is 7.62. The summed E-state index contributed by atoms with van der Waals surface area (Å²) in [4.78, 5) is 0. The van der Waals surface area contributed by atoms with Gasteiger partial charge in [-0.1, -0.05) is 6.07 Å². The lowest BCUT2D eigenvalue weighted by Gasteiger charge is -2.17. The molecule has 4 heteroatoms. The molecule has 19 heavy (non-hydrogen) atoms. The van der Waals surface area contributed by atoms with Crippen LogP contribution in [0.2, 0.25) is 0 Å². The van der Waals surface area contributed by atoms with Crippen LogP contribution in [0, 0.1) is 0 Å². The monoisotopic (exact) mass is 275 g/mol. The maximum Gasteiger partial charge on any atom is 0.161 e. The van der Waals surface area contributed by atoms with Gasteiger partial charge < -0.3 is 14.8 Å². The molecule has 1 aromatic carbocycles. The van der Waals surface area contributed by atoms with Crippen molar-refractivity contribution in [2.75, 3.05) is 20.3 Å². The van der Waals surface area contributed by atoms with Crippen molar-refractivity contribution in [3.8, 4) is 11.5 Å². The second-order valence-corrected chi connectivity index (χ2v) is 5.32. The Kier molecular flexibility index (Phi) is 3.71. The number of hydrogen-bond acceptors (Lipinski definition) is 4. The topological polar surface area (TPSA) is 30.5 Å². The molecule has 0 amide bonds. The van der Waals surface area contributed by atoms with Crippen LogP contribution in [0.1, 0.15) is 23.6 Å². The van der Waals surface area contributed by atoms with Gasteiger partial charge in [0.15, 0.2) is 11.5 Å². The van der Waals surface area contributed by atoms with Crippen LogP contribution in [0.5, 0.6) is 11.5 Å². The molecular weight excluding hydrogens is 258 g/mol. The number of thiophene rings is 1. The summed E-state index contributed by atoms with van der Waals surface area (Å²) in [5.41, 5.74) is 2.48. The standard InChI is InChI=1S/C15H17NO2S/c1-16-15(12-5-8-19-10-12)11-3-4-13-14(9-11)18-7-2-6-17-13/h3-5,8-10,15-16H,2,6-7H2,1H3. The molecule has 1 atom stereocenters. The van der Waals surface area contributed by atoms with E-state index in [2.05, 4.69) is 34.3 Å². The third kappa shape index (κ3) is 2.60. The molecule has 0 saturated heterocycles. The number of hydrogen-bond donors (Lipinski definition) is 1. The summed E-state index contributed by atoms with van der Waals surface area (Å²) < 4.78 is 11.4. The zero-order valence-electron chi connectivity index (χ0n) is 10.9. The number of nitrogens with one attached hydrogen (secondary N) is 1. The SMILES string of the molecule is CNC(c1ccsc1)c1ccc2c(c1)OCCCO2. The van der Waals surface area contributed by atoms with Crippen LogP contribution in [0.4, 0.5) is 0 Å². The van der Waals surface area contributed by atoms with Gasteiger partial charge in [-0.2, -0.15) is 11.3 Å². The molecule has 0 saturated carbocycles. The summed E-state index contributed by atoms with van der Waals surface area (Å²) in [7, 11) is 1.98. The van der Waals surface area contributed by atoms with Crippen LogP contribution in [0.3, 0.4) is 0 Å². The van der Waals surface area contributed by atoms with Crippen molar-refractivity contribution in [2.45, 2.75) is 12.5 Å². The highest BCUT2D eigenvalue weighted by atomic mass is 32.1. The molecule has 0 spiro atoms. The van der Waals surface area contributed by atoms with Gasteiger partial charge >= 0.3 is 0 Å². The molecule has 1 N–H and O–H groups in total. The Balaban J connectivity index is 1.94. The summed E-state index contributed by atoms with van der Waals surface area (Å²) in [5.74, 6) is 1.70. The second-order valence-electron chi connectivity index (χ2n) is 4.54. The molecule has 0 aliphatic carbocycles. The van der Waals surface area contributed by atoms with E-state index >= 15 is 0 Å². The predicted molar refractivity (Wildman–Crippen MR) is 77.3 cm³/mol. The molecule has 3 rings (SSSR count). The Morgan fingerprint density at radius 2 is 1.95 bits per heavy atom. The molecule has 1 unspecified atom stereocenters. The van der Waals surface area contributed by atoms with E-state index in [0.29, 0.717) is 0 Å². The van der Waals surface area contributed by atoms with E-state index < -0.39 is 0 Å². The Bertz CT molecular complexity index is 539. The number of ether oxygens (including phenoxy) is 2. The van der Waals surface area contributed by atoms with E-state index in [-0.39, 0.29) is 6.04 Å². The second kappa shape index (κ2) is 5.63. The maximum absolute atomic E-state index is 5.75. The first-order chi connectivity index (χ1) is 9.38. The molecule has 0 radical (unpaired) electrons. The molecule has 1 aliphatic rings. The molecule has 0 fully saturated rings. The lowest BCUT2D eigenvalue weighted by Crippen LogP contribution is -2.17. The first-order valence-electron chi connectivity index (χ1n) is 6.47. The molecule has 1 aromatic heterocycles. The van der Waals surface area contributed by atoms with Gasteiger partial charge in [0.1, 0.15) is 0 Å². The zero-order chi connectivity index (χ0) is 13.1. The number of rotatable bonds is 3. The Labute approximate surface area is 117 Å². The van der Waals surface area contributed by atoms with Crippen molar-refractivity contribution in [2.24, 2.45) is 0 Å². The van der Waals surface area contributed by atoms with Gasteiger partial charge in [0.25, 0.3) is 0 Å². The Hall–Kier alpha value is -1.52. The van der Waals surface area contributed by atoms with Gasteiger partial charge in [0, 0.05) is 6.42 Å². The zero-order valence-corrected chi connectivity index (χ0v) is 11.7. The van der Waals surface area contributed by atoms with Gasteiger partial charge in [-0.3, -0.25) is 0 Å². The largest absolute Gasteiger partial charge is 0.490 e. The van der Waals surface area contributed by atoms with Gasteiger partial charge in [-0.15, -0.1) is 0 Å². The molecule has 1 aliphatic heterocycles. The molecule has 0 bridgehead atoms. The summed E-state index contributed by atoms with van der Waals surface area (Å²) >= 11 is 1.71. The van der Waals surface area contributed by atoms with Crippen molar-refractivity contribution in [1.82, 2.24) is 5.32 Å². The summed E-state index contributed by atoms with van der Waals surface area (Å²) in [6, 6.07) is 8.54. The van der Waals surface area contributed by atoms with Crippen LogP contribution < -0.4 is 14.8 Å². The molecule has 2 aromatic rings. The molecule has 100 valence electrons. The average Bonchev–Trinajstić information content (AvgIpc) is 2.85. The highest BCUT2D eigenvalue weighted by Crippen LogP contribution is 2.34. The minimum absolute atomic E-state index is 0.198. The van der Waals surface area contributed by atoms with E-state index in [9.17, 15) is 0 Å². The highest BCUT2D eigenvalue weighted by molar-refractivity contribution is 7.08. The molecule has 3 nitrogen and oxygen atoms in total. The Morgan fingerprint density at radius 3 is 2.68 bits per heavy atom. The third-order valence-corrected chi connectivity index (χ3v) is 3.97. The number of benzene rings is 1. The third-order valence-electron chi connectivity index (χ3n) is 3.27. The van der Waals surface area contributed by atoms with Crippen LogP contribution in [-0.4, -0.2) is 20.3 Å². The van der Waals surface area contributed by atoms with Gasteiger partial charge in [0.2, 0.25) is 0 Å². The van der Waals surface area contributed by atoms with Gasteiger partial charge in [0.05, 0.1) is 19.3 Å². The first kappa shape index (κ1) is 12.5. The smallest absolute Gasteiger partial charge is 0.161 e. The van der Waals surface area contributed by atoms with Crippen molar-refractivity contribution in [1.29, 1.82) is 0 Å². The fraction of sp³-hybridized carbons (Fsp3) is 0.333. The minimum Gasteiger partial charge on any atom is -0.490 e. The van der Waals surface area contributed by atoms with E-state index in [1.807, 2.05) is 13.1 Å². The predicted octanol–water partition coefficient (Wildman–Crippen LogP) is 3.22. The highest BCUT2D eigenvalue weighted by Gasteiger charge is 2.16. The maximum atomic E-state index is 5.75. The van der Waals surface area contributed by atoms with E-state index in [4.69, 9.17) is 9.47 Å². The van der Waals surface area contributed by atoms with E-state index in [1.165, 1.54) is 11.1 Å². The molecule has 2 heterocycles. The first-order valence-corrected chi connectivity index (χ1v) is 7.41. The fourth-order valence-electron chi connectivity index (χ4n) is 2.32. The normalized spacial score (nSPS) is 15.8. The lowest BCUT2D eigenvalue weighted by molar-refractivity contribution is 0.297. The summed E-state index contributed by atoms with van der Waals surface area (Å²) in [6.45, 7) is 1.45. The van der Waals surface area contributed by atoms with Crippen LogP contribution >= 0.6 is 11.3 Å². The van der Waals surface area contributed by atoms with Crippen LogP contribution in [0.15, 0.2) is 35.0 Å². The molecular formula is C15H17NO2S. The lowest BCUT2D eigenvalue weighted by atomic mass is 10.0. The fourth-order valence-corrected chi connectivity index (χ4v) is 3.01. The van der Waals surface area contributed by atoms with Crippen molar-refractivity contribution in [3.63, 3.8) is 0 Å².